The topological polar surface area (TPSA) is 116 Å². The van der Waals surface area contributed by atoms with Gasteiger partial charge in [-0.25, -0.2) is 9.59 Å². The first kappa shape index (κ1) is 24.1. The van der Waals surface area contributed by atoms with Crippen molar-refractivity contribution in [3.8, 4) is 0 Å². The van der Waals surface area contributed by atoms with Crippen LogP contribution < -0.4 is 10.2 Å². The van der Waals surface area contributed by atoms with Crippen molar-refractivity contribution in [2.45, 2.75) is 43.8 Å². The fraction of sp³-hybridized carbons (Fsp3) is 0.522. The molecular weight excluding hydrogens is 458 g/mol. The number of carbonyl (C=O) groups is 3. The van der Waals surface area contributed by atoms with Crippen LogP contribution in [0, 0.1) is 5.92 Å². The molecule has 182 valence electrons. The van der Waals surface area contributed by atoms with Gasteiger partial charge in [0.1, 0.15) is 0 Å². The standard InChI is InChI=1S/C23H29N5O5S/c1-14-6-8-27(9-7-14)22-25-26-23(28(22)18-4-5-18)34-13-19(29)24-17-11-15(20(30)32-2)10-16(12-17)21(31)33-3/h10-12,14,18H,4-9,13H2,1-3H3,(H,24,29). The maximum atomic E-state index is 12.7. The summed E-state index contributed by atoms with van der Waals surface area (Å²) in [5, 5.41) is 12.3. The van der Waals surface area contributed by atoms with E-state index in [1.165, 1.54) is 44.2 Å². The van der Waals surface area contributed by atoms with Crippen LogP contribution in [0.3, 0.4) is 0 Å². The van der Waals surface area contributed by atoms with E-state index in [1.807, 2.05) is 0 Å². The van der Waals surface area contributed by atoms with Gasteiger partial charge in [0.25, 0.3) is 0 Å². The number of piperidine rings is 1. The maximum absolute atomic E-state index is 12.7. The number of anilines is 2. The molecule has 1 saturated carbocycles. The number of amides is 1. The molecule has 34 heavy (non-hydrogen) atoms. The average molecular weight is 488 g/mol. The number of hydrogen-bond acceptors (Lipinski definition) is 9. The van der Waals surface area contributed by atoms with Gasteiger partial charge in [0, 0.05) is 24.8 Å². The molecule has 1 aliphatic carbocycles. The molecule has 0 atom stereocenters. The Bertz CT molecular complexity index is 1040. The normalized spacial score (nSPS) is 16.3. The lowest BCUT2D eigenvalue weighted by Gasteiger charge is -2.31. The summed E-state index contributed by atoms with van der Waals surface area (Å²) >= 11 is 1.33. The molecule has 1 amide bonds. The van der Waals surface area contributed by atoms with E-state index in [2.05, 4.69) is 31.9 Å². The Kier molecular flexibility index (Phi) is 7.40. The minimum atomic E-state index is -0.618. The Morgan fingerprint density at radius 1 is 1.00 bits per heavy atom. The molecule has 2 heterocycles. The van der Waals surface area contributed by atoms with E-state index in [4.69, 9.17) is 9.47 Å². The van der Waals surface area contributed by atoms with Gasteiger partial charge < -0.3 is 19.7 Å². The molecule has 1 aliphatic heterocycles. The summed E-state index contributed by atoms with van der Waals surface area (Å²) in [6, 6.07) is 4.67. The Labute approximate surface area is 202 Å². The number of methoxy groups -OCH3 is 2. The fourth-order valence-electron chi connectivity index (χ4n) is 3.94. The number of aromatic nitrogens is 3. The van der Waals surface area contributed by atoms with Crippen molar-refractivity contribution in [3.05, 3.63) is 29.3 Å². The summed E-state index contributed by atoms with van der Waals surface area (Å²) in [6.45, 7) is 4.21. The number of benzene rings is 1. The van der Waals surface area contributed by atoms with E-state index in [0.717, 1.165) is 55.8 Å². The van der Waals surface area contributed by atoms with Crippen molar-refractivity contribution in [3.63, 3.8) is 0 Å². The smallest absolute Gasteiger partial charge is 0.337 e. The molecule has 1 saturated heterocycles. The number of esters is 2. The second-order valence-corrected chi connectivity index (χ2v) is 9.61. The summed E-state index contributed by atoms with van der Waals surface area (Å²) in [4.78, 5) is 38.9. The lowest BCUT2D eigenvalue weighted by molar-refractivity contribution is -0.113. The van der Waals surface area contributed by atoms with Crippen molar-refractivity contribution in [1.82, 2.24) is 14.8 Å². The summed E-state index contributed by atoms with van der Waals surface area (Å²) in [6.07, 6.45) is 4.46. The Hall–Kier alpha value is -3.08. The summed E-state index contributed by atoms with van der Waals surface area (Å²) in [5.41, 5.74) is 0.588. The first-order valence-corrected chi connectivity index (χ1v) is 12.3. The van der Waals surface area contributed by atoms with E-state index >= 15 is 0 Å². The van der Waals surface area contributed by atoms with Gasteiger partial charge >= 0.3 is 11.9 Å². The van der Waals surface area contributed by atoms with Gasteiger partial charge in [-0.15, -0.1) is 10.2 Å². The summed E-state index contributed by atoms with van der Waals surface area (Å²) in [7, 11) is 2.49. The maximum Gasteiger partial charge on any atom is 0.337 e. The minimum Gasteiger partial charge on any atom is -0.465 e. The second kappa shape index (κ2) is 10.5. The molecule has 4 rings (SSSR count). The Balaban J connectivity index is 1.44. The van der Waals surface area contributed by atoms with Crippen LogP contribution in [0.25, 0.3) is 0 Å². The molecule has 2 fully saturated rings. The third kappa shape index (κ3) is 5.52. The van der Waals surface area contributed by atoms with E-state index < -0.39 is 11.9 Å². The second-order valence-electron chi connectivity index (χ2n) is 8.67. The van der Waals surface area contributed by atoms with Crippen LogP contribution >= 0.6 is 11.8 Å². The molecular formula is C23H29N5O5S. The van der Waals surface area contributed by atoms with E-state index in [1.54, 1.807) is 0 Å². The van der Waals surface area contributed by atoms with Gasteiger partial charge in [0.2, 0.25) is 11.9 Å². The van der Waals surface area contributed by atoms with Crippen molar-refractivity contribution in [2.24, 2.45) is 5.92 Å². The van der Waals surface area contributed by atoms with Gasteiger partial charge in [-0.3, -0.25) is 9.36 Å². The summed E-state index contributed by atoms with van der Waals surface area (Å²) < 4.78 is 11.6. The van der Waals surface area contributed by atoms with Crippen LogP contribution in [0.1, 0.15) is 59.4 Å². The summed E-state index contributed by atoms with van der Waals surface area (Å²) in [5.74, 6) is 0.203. The van der Waals surface area contributed by atoms with Crippen LogP contribution in [-0.4, -0.2) is 65.7 Å². The Morgan fingerprint density at radius 3 is 2.18 bits per heavy atom. The molecule has 2 aliphatic rings. The largest absolute Gasteiger partial charge is 0.465 e. The highest BCUT2D eigenvalue weighted by Crippen LogP contribution is 2.41. The SMILES string of the molecule is COC(=O)c1cc(NC(=O)CSc2nnc(N3CCC(C)CC3)n2C2CC2)cc(C(=O)OC)c1. The zero-order chi connectivity index (χ0) is 24.2. The molecule has 1 aromatic carbocycles. The van der Waals surface area contributed by atoms with Crippen molar-refractivity contribution < 1.29 is 23.9 Å². The molecule has 10 nitrogen and oxygen atoms in total. The highest BCUT2D eigenvalue weighted by Gasteiger charge is 2.32. The van der Waals surface area contributed by atoms with Crippen molar-refractivity contribution >= 4 is 41.2 Å². The first-order valence-electron chi connectivity index (χ1n) is 11.3. The highest BCUT2D eigenvalue weighted by atomic mass is 32.2. The first-order chi connectivity index (χ1) is 16.4. The van der Waals surface area contributed by atoms with Crippen LogP contribution in [0.15, 0.2) is 23.4 Å². The van der Waals surface area contributed by atoms with Crippen LogP contribution in [-0.2, 0) is 14.3 Å². The van der Waals surface area contributed by atoms with Crippen LogP contribution in [0.2, 0.25) is 0 Å². The molecule has 0 radical (unpaired) electrons. The molecule has 1 aromatic heterocycles. The van der Waals surface area contributed by atoms with Crippen molar-refractivity contribution in [2.75, 3.05) is 43.3 Å². The average Bonchev–Trinajstić information content (AvgIpc) is 3.60. The minimum absolute atomic E-state index is 0.109. The highest BCUT2D eigenvalue weighted by molar-refractivity contribution is 7.99. The molecule has 2 aromatic rings. The molecule has 1 N–H and O–H groups in total. The van der Waals surface area contributed by atoms with Gasteiger partial charge in [-0.05, 0) is 49.8 Å². The predicted octanol–water partition coefficient (Wildman–Crippen LogP) is 3.15. The van der Waals surface area contributed by atoms with Crippen molar-refractivity contribution in [1.29, 1.82) is 0 Å². The van der Waals surface area contributed by atoms with E-state index in [-0.39, 0.29) is 22.8 Å². The fourth-order valence-corrected chi connectivity index (χ4v) is 4.74. The number of ether oxygens (including phenoxy) is 2. The number of carbonyl (C=O) groups excluding carboxylic acids is 3. The molecule has 11 heteroatoms. The molecule has 0 spiro atoms. The zero-order valence-corrected chi connectivity index (χ0v) is 20.4. The van der Waals surface area contributed by atoms with Gasteiger partial charge in [0.15, 0.2) is 5.16 Å². The lowest BCUT2D eigenvalue weighted by Crippen LogP contribution is -2.34. The van der Waals surface area contributed by atoms with Crippen LogP contribution in [0.5, 0.6) is 0 Å². The van der Waals surface area contributed by atoms with Gasteiger partial charge in [-0.1, -0.05) is 18.7 Å². The molecule has 0 bridgehead atoms. The number of rotatable bonds is 8. The monoisotopic (exact) mass is 487 g/mol. The zero-order valence-electron chi connectivity index (χ0n) is 19.6. The quantitative estimate of drug-likeness (QED) is 0.443. The predicted molar refractivity (Wildman–Crippen MR) is 127 cm³/mol. The third-order valence-electron chi connectivity index (χ3n) is 6.02. The van der Waals surface area contributed by atoms with Gasteiger partial charge in [0.05, 0.1) is 31.1 Å². The number of hydrogen-bond donors (Lipinski definition) is 1. The Morgan fingerprint density at radius 2 is 1.62 bits per heavy atom. The number of nitrogens with one attached hydrogen (secondary N) is 1. The van der Waals surface area contributed by atoms with Gasteiger partial charge in [-0.2, -0.15) is 0 Å². The van der Waals surface area contributed by atoms with E-state index in [0.29, 0.717) is 11.7 Å². The van der Waals surface area contributed by atoms with Crippen LogP contribution in [0.4, 0.5) is 11.6 Å². The lowest BCUT2D eigenvalue weighted by atomic mass is 10.00. The van der Waals surface area contributed by atoms with E-state index in [9.17, 15) is 14.4 Å². The third-order valence-corrected chi connectivity index (χ3v) is 6.96. The molecule has 0 unspecified atom stereocenters. The number of thioether (sulfide) groups is 1. The number of nitrogens with zero attached hydrogens (tertiary/aromatic N) is 4.